The zero-order valence-electron chi connectivity index (χ0n) is 22.9. The molecule has 2 bridgehead atoms. The van der Waals surface area contributed by atoms with Crippen molar-refractivity contribution in [3.05, 3.63) is 59.0 Å². The molecule has 43 heavy (non-hydrogen) atoms. The molecular formula is C29H27F6N3O5. The predicted molar refractivity (Wildman–Crippen MR) is 138 cm³/mol. The Kier molecular flexibility index (Phi) is 7.51. The number of nitrogens with zero attached hydrogens (tertiary/aromatic N) is 3. The monoisotopic (exact) mass is 611 g/mol. The maximum absolute atomic E-state index is 13.8. The van der Waals surface area contributed by atoms with E-state index in [1.54, 1.807) is 6.07 Å². The highest BCUT2D eigenvalue weighted by Gasteiger charge is 2.44. The van der Waals surface area contributed by atoms with Crippen LogP contribution in [-0.4, -0.2) is 47.8 Å². The van der Waals surface area contributed by atoms with E-state index in [2.05, 4.69) is 19.6 Å². The third-order valence-electron chi connectivity index (χ3n) is 8.15. The number of hydrogen-bond donors (Lipinski definition) is 0. The number of anilines is 1. The van der Waals surface area contributed by atoms with E-state index in [0.717, 1.165) is 45.1 Å². The summed E-state index contributed by atoms with van der Waals surface area (Å²) in [5.41, 5.74) is -0.847. The molecule has 0 amide bonds. The molecule has 0 N–H and O–H groups in total. The van der Waals surface area contributed by atoms with Gasteiger partial charge in [0.25, 0.3) is 0 Å². The van der Waals surface area contributed by atoms with E-state index in [4.69, 9.17) is 9.26 Å². The van der Waals surface area contributed by atoms with Crippen molar-refractivity contribution < 1.29 is 49.9 Å². The van der Waals surface area contributed by atoms with Gasteiger partial charge in [0.15, 0.2) is 0 Å². The lowest BCUT2D eigenvalue weighted by Gasteiger charge is -2.40. The number of pyridine rings is 1. The number of benzene rings is 1. The standard InChI is InChI=1S/C29H27F6N3O5/c1-40-27(39)20-13-36-24(12-22(20)28(30,31)32)38-16-8-9-17(38)11-18(10-16)41-14-21-25(37-43-26(21)15-6-7-15)19-4-2-3-5-23(19)42-29(33,34)35/h2-5,12-13,15-18H,6-11,14H2,1H3. The lowest BCUT2D eigenvalue weighted by atomic mass is 9.98. The molecular weight excluding hydrogens is 584 g/mol. The second-order valence-corrected chi connectivity index (χ2v) is 11.0. The molecule has 2 saturated heterocycles. The number of rotatable bonds is 8. The minimum absolute atomic E-state index is 0.0411. The summed E-state index contributed by atoms with van der Waals surface area (Å²) >= 11 is 0. The Morgan fingerprint density at radius 1 is 1.05 bits per heavy atom. The summed E-state index contributed by atoms with van der Waals surface area (Å²) in [5, 5.41) is 4.11. The summed E-state index contributed by atoms with van der Waals surface area (Å²) in [7, 11) is 1.01. The number of fused-ring (bicyclic) bond motifs is 2. The molecule has 0 radical (unpaired) electrons. The van der Waals surface area contributed by atoms with Crippen molar-refractivity contribution in [2.45, 2.75) is 81.8 Å². The van der Waals surface area contributed by atoms with Gasteiger partial charge in [-0.15, -0.1) is 13.2 Å². The molecule has 230 valence electrons. The van der Waals surface area contributed by atoms with Gasteiger partial charge in [0, 0.05) is 35.3 Å². The maximum Gasteiger partial charge on any atom is 0.573 e. The van der Waals surface area contributed by atoms with Crippen LogP contribution in [0.3, 0.4) is 0 Å². The number of piperidine rings is 1. The zero-order chi connectivity index (χ0) is 30.5. The normalized spacial score (nSPS) is 22.1. The Morgan fingerprint density at radius 2 is 1.74 bits per heavy atom. The van der Waals surface area contributed by atoms with Crippen LogP contribution >= 0.6 is 0 Å². The van der Waals surface area contributed by atoms with Crippen LogP contribution in [0, 0.1) is 0 Å². The Balaban J connectivity index is 1.21. The van der Waals surface area contributed by atoms with Crippen molar-refractivity contribution in [3.8, 4) is 17.0 Å². The number of alkyl halides is 6. The van der Waals surface area contributed by atoms with Gasteiger partial charge in [-0.25, -0.2) is 9.78 Å². The molecule has 2 atom stereocenters. The summed E-state index contributed by atoms with van der Waals surface area (Å²) in [5.74, 6) is -0.707. The molecule has 3 aromatic rings. The average molecular weight is 612 g/mol. The zero-order valence-corrected chi connectivity index (χ0v) is 22.9. The van der Waals surface area contributed by atoms with E-state index in [1.807, 2.05) is 4.90 Å². The smallest absolute Gasteiger partial charge is 0.465 e. The summed E-state index contributed by atoms with van der Waals surface area (Å²) < 4.78 is 101. The highest BCUT2D eigenvalue weighted by atomic mass is 19.4. The highest BCUT2D eigenvalue weighted by molar-refractivity contribution is 5.91. The summed E-state index contributed by atoms with van der Waals surface area (Å²) in [6, 6.07) is 6.30. The van der Waals surface area contributed by atoms with Crippen molar-refractivity contribution in [2.24, 2.45) is 0 Å². The number of ether oxygens (including phenoxy) is 3. The average Bonchev–Trinajstić information content (AvgIpc) is 3.66. The number of halogens is 6. The maximum atomic E-state index is 13.8. The summed E-state index contributed by atoms with van der Waals surface area (Å²) in [4.78, 5) is 18.0. The molecule has 0 spiro atoms. The van der Waals surface area contributed by atoms with Gasteiger partial charge in [-0.1, -0.05) is 17.3 Å². The fraction of sp³-hybridized carbons (Fsp3) is 0.483. The summed E-state index contributed by atoms with van der Waals surface area (Å²) in [6.07, 6.45) is -4.84. The second-order valence-electron chi connectivity index (χ2n) is 11.0. The van der Waals surface area contributed by atoms with E-state index in [1.165, 1.54) is 18.2 Å². The second kappa shape index (κ2) is 11.0. The van der Waals surface area contributed by atoms with Crippen molar-refractivity contribution in [1.82, 2.24) is 10.1 Å². The number of para-hydroxylation sites is 1. The van der Waals surface area contributed by atoms with Gasteiger partial charge in [-0.3, -0.25) is 0 Å². The van der Waals surface area contributed by atoms with Crippen LogP contribution in [-0.2, 0) is 22.3 Å². The first-order valence-corrected chi connectivity index (χ1v) is 13.8. The highest BCUT2D eigenvalue weighted by Crippen LogP contribution is 2.47. The topological polar surface area (TPSA) is 86.9 Å². The van der Waals surface area contributed by atoms with Gasteiger partial charge in [0.2, 0.25) is 0 Å². The lowest BCUT2D eigenvalue weighted by Crippen LogP contribution is -2.46. The van der Waals surface area contributed by atoms with Gasteiger partial charge in [0.05, 0.1) is 30.9 Å². The van der Waals surface area contributed by atoms with Crippen LogP contribution in [0.5, 0.6) is 5.75 Å². The van der Waals surface area contributed by atoms with E-state index in [9.17, 15) is 31.1 Å². The van der Waals surface area contributed by atoms with E-state index in [0.29, 0.717) is 24.2 Å². The number of aromatic nitrogens is 2. The van der Waals surface area contributed by atoms with Crippen LogP contribution in [0.1, 0.15) is 71.7 Å². The van der Waals surface area contributed by atoms with Gasteiger partial charge in [0.1, 0.15) is 23.0 Å². The molecule has 3 fully saturated rings. The van der Waals surface area contributed by atoms with Crippen molar-refractivity contribution in [1.29, 1.82) is 0 Å². The van der Waals surface area contributed by atoms with E-state index < -0.39 is 35.4 Å². The molecule has 8 nitrogen and oxygen atoms in total. The molecule has 3 aliphatic rings. The fourth-order valence-electron chi connectivity index (χ4n) is 6.15. The van der Waals surface area contributed by atoms with Gasteiger partial charge in [-0.2, -0.15) is 13.2 Å². The van der Waals surface area contributed by atoms with Crippen molar-refractivity contribution in [3.63, 3.8) is 0 Å². The third-order valence-corrected chi connectivity index (χ3v) is 8.15. The first-order valence-electron chi connectivity index (χ1n) is 13.8. The van der Waals surface area contributed by atoms with Crippen LogP contribution in [0.25, 0.3) is 11.3 Å². The van der Waals surface area contributed by atoms with Crippen molar-refractivity contribution >= 4 is 11.8 Å². The van der Waals surface area contributed by atoms with Gasteiger partial charge < -0.3 is 23.6 Å². The van der Waals surface area contributed by atoms with Crippen LogP contribution in [0.15, 0.2) is 41.1 Å². The predicted octanol–water partition coefficient (Wildman–Crippen LogP) is 7.03. The number of carbonyl (C=O) groups is 1. The van der Waals surface area contributed by atoms with Crippen molar-refractivity contribution in [2.75, 3.05) is 12.0 Å². The van der Waals surface area contributed by atoms with Crippen LogP contribution in [0.4, 0.5) is 32.2 Å². The van der Waals surface area contributed by atoms with E-state index in [-0.39, 0.29) is 47.8 Å². The number of esters is 1. The number of hydrogen-bond acceptors (Lipinski definition) is 8. The summed E-state index contributed by atoms with van der Waals surface area (Å²) in [6.45, 7) is 0.0411. The Bertz CT molecular complexity index is 1490. The Morgan fingerprint density at radius 3 is 2.37 bits per heavy atom. The molecule has 1 saturated carbocycles. The van der Waals surface area contributed by atoms with Crippen LogP contribution in [0.2, 0.25) is 0 Å². The molecule has 1 aromatic carbocycles. The first kappa shape index (κ1) is 29.3. The fourth-order valence-corrected chi connectivity index (χ4v) is 6.15. The first-order chi connectivity index (χ1) is 20.4. The van der Waals surface area contributed by atoms with Gasteiger partial charge >= 0.3 is 18.5 Å². The molecule has 2 aliphatic heterocycles. The quantitative estimate of drug-likeness (QED) is 0.198. The largest absolute Gasteiger partial charge is 0.573 e. The molecule has 4 heterocycles. The molecule has 14 heteroatoms. The molecule has 6 rings (SSSR count). The van der Waals surface area contributed by atoms with E-state index >= 15 is 0 Å². The Labute approximate surface area is 241 Å². The Hall–Kier alpha value is -3.81. The molecule has 2 unspecified atom stereocenters. The third kappa shape index (κ3) is 6.01. The minimum atomic E-state index is -4.89. The molecule has 2 aromatic heterocycles. The SMILES string of the molecule is COC(=O)c1cnc(N2C3CCC2CC(OCc2c(-c4ccccc4OC(F)(F)F)noc2C2CC2)C3)cc1C(F)(F)F. The van der Waals surface area contributed by atoms with Gasteiger partial charge in [-0.05, 0) is 56.7 Å². The molecule has 1 aliphatic carbocycles. The minimum Gasteiger partial charge on any atom is -0.465 e. The number of carbonyl (C=O) groups excluding carboxylic acids is 1. The number of methoxy groups -OCH3 is 1. The lowest BCUT2D eigenvalue weighted by molar-refractivity contribution is -0.274. The van der Waals surface area contributed by atoms with Crippen LogP contribution < -0.4 is 9.64 Å².